The maximum atomic E-state index is 15.1. The zero-order valence-electron chi connectivity index (χ0n) is 37.2. The molecule has 4 aromatic rings. The zero-order valence-corrected chi connectivity index (χ0v) is 38.8. The number of benzene rings is 3. The van der Waals surface area contributed by atoms with Crippen LogP contribution in [0.25, 0.3) is 10.9 Å². The highest BCUT2D eigenvalue weighted by atomic mass is 32.2. The molecule has 3 amide bonds. The molecule has 2 atom stereocenters. The van der Waals surface area contributed by atoms with Crippen LogP contribution in [0.1, 0.15) is 86.4 Å². The number of imide groups is 1. The number of halogens is 1. The predicted molar refractivity (Wildman–Crippen MR) is 242 cm³/mol. The molecule has 0 saturated carbocycles. The highest BCUT2D eigenvalue weighted by Gasteiger charge is 2.44. The smallest absolute Gasteiger partial charge is 0.306 e. The van der Waals surface area contributed by atoms with E-state index in [4.69, 9.17) is 13.7 Å². The molecule has 22 heteroatoms. The van der Waals surface area contributed by atoms with Gasteiger partial charge >= 0.3 is 20.3 Å². The number of fused-ring (bicyclic) bond motifs is 1. The molecule has 2 N–H and O–H groups in total. The van der Waals surface area contributed by atoms with E-state index in [0.29, 0.717) is 81.3 Å². The number of likely N-dealkylation sites (tertiary alicyclic amines) is 2. The summed E-state index contributed by atoms with van der Waals surface area (Å²) in [7, 11) is -6.58. The van der Waals surface area contributed by atoms with Crippen molar-refractivity contribution in [3.63, 3.8) is 0 Å². The van der Waals surface area contributed by atoms with Gasteiger partial charge in [-0.25, -0.2) is 9.37 Å². The fraction of sp³-hybridized carbons (Fsp3) is 0.467. The summed E-state index contributed by atoms with van der Waals surface area (Å²) in [5.74, 6) is -2.66. The Morgan fingerprint density at radius 2 is 1.79 bits per heavy atom. The molecule has 1 unspecified atom stereocenters. The van der Waals surface area contributed by atoms with E-state index in [-0.39, 0.29) is 83.6 Å². The number of carbonyl (C=O) groups is 3. The van der Waals surface area contributed by atoms with E-state index in [1.165, 1.54) is 36.1 Å². The molecular weight excluding hydrogens is 912 g/mol. The number of aromatic nitrogens is 2. The van der Waals surface area contributed by atoms with E-state index >= 15 is 4.39 Å². The van der Waals surface area contributed by atoms with Gasteiger partial charge < -0.3 is 18.6 Å². The first kappa shape index (κ1) is 47.5. The summed E-state index contributed by atoms with van der Waals surface area (Å²) in [6.45, 7) is 4.38. The molecular formula is C45H51FN8O11S2. The lowest BCUT2D eigenvalue weighted by atomic mass is 9.85. The Labute approximate surface area is 387 Å². The van der Waals surface area contributed by atoms with Crippen molar-refractivity contribution in [1.82, 2.24) is 29.0 Å². The third kappa shape index (κ3) is 10.3. The van der Waals surface area contributed by atoms with Crippen molar-refractivity contribution in [3.05, 3.63) is 87.7 Å². The van der Waals surface area contributed by atoms with Crippen molar-refractivity contribution in [3.8, 4) is 23.3 Å². The van der Waals surface area contributed by atoms with E-state index in [1.807, 2.05) is 11.0 Å². The van der Waals surface area contributed by atoms with Gasteiger partial charge in [-0.15, -0.1) is 0 Å². The van der Waals surface area contributed by atoms with Gasteiger partial charge in [-0.3, -0.25) is 38.7 Å². The Morgan fingerprint density at radius 3 is 2.48 bits per heavy atom. The molecule has 3 aromatic carbocycles. The van der Waals surface area contributed by atoms with Gasteiger partial charge in [0.2, 0.25) is 17.7 Å². The predicted octanol–water partition coefficient (Wildman–Crippen LogP) is 3.87. The van der Waals surface area contributed by atoms with Gasteiger partial charge in [0.25, 0.3) is 5.56 Å². The van der Waals surface area contributed by atoms with Crippen LogP contribution < -0.4 is 24.5 Å². The number of nitrogens with zero attached hydrogens (tertiary/aromatic N) is 6. The van der Waals surface area contributed by atoms with Gasteiger partial charge in [-0.1, -0.05) is 19.1 Å². The van der Waals surface area contributed by atoms with Crippen LogP contribution in [0, 0.1) is 17.1 Å². The third-order valence-electron chi connectivity index (χ3n) is 13.2. The van der Waals surface area contributed by atoms with Crippen LogP contribution in [-0.4, -0.2) is 123 Å². The number of piperidine rings is 3. The second kappa shape index (κ2) is 19.0. The second-order valence-electron chi connectivity index (χ2n) is 17.5. The normalized spacial score (nSPS) is 20.5. The average Bonchev–Trinajstić information content (AvgIpc) is 3.69. The lowest BCUT2D eigenvalue weighted by Gasteiger charge is -2.40. The van der Waals surface area contributed by atoms with Crippen molar-refractivity contribution in [1.29, 1.82) is 5.26 Å². The molecule has 4 aliphatic rings. The number of hydrogen-bond acceptors (Lipinski definition) is 14. The number of rotatable bonds is 13. The van der Waals surface area contributed by atoms with E-state index in [9.17, 15) is 41.3 Å². The molecule has 0 aliphatic carbocycles. The summed E-state index contributed by atoms with van der Waals surface area (Å²) in [4.78, 5) is 60.2. The van der Waals surface area contributed by atoms with Gasteiger partial charge in [0.1, 0.15) is 23.1 Å². The van der Waals surface area contributed by atoms with E-state index < -0.39 is 49.3 Å². The number of anilines is 1. The third-order valence-corrected chi connectivity index (χ3v) is 15.2. The SMILES string of the molecule is CCN(C)S(=O)(=O)Nc1ccc(F)c(Oc2ccc3ncn([C@@H]4COC5(CCN(C(=O)CN6CCC(c7ccc(C8CCC(=O)NC8=O)cc7OS(C)(=O)=O)CC6)CC5)C4)c(=O)c3c2)c1C#N. The van der Waals surface area contributed by atoms with Gasteiger partial charge in [0.05, 0.1) is 59.9 Å². The standard InChI is InChI=1S/C45H51FN8O11S2/c1-4-51(2)67(61,62)50-38-11-9-36(46)42(35(38)24-47)64-31-6-10-37-34(22-31)44(58)54(27-48-37)30-23-45(63-26-30)15-19-53(20-16-45)41(56)25-52-17-13-28(14-18-52)32-7-5-29(21-39(32)65-66(3,59)60)33-8-12-40(55)49-43(33)57/h5-7,9-11,21-22,27-28,30,33,50H,4,8,12-20,23,25-26H2,1-3H3,(H,49,55,57)/t30-,33?/m0/s1. The fourth-order valence-electron chi connectivity index (χ4n) is 9.35. The molecule has 4 aliphatic heterocycles. The van der Waals surface area contributed by atoms with Crippen molar-refractivity contribution in [2.45, 2.75) is 75.3 Å². The maximum Gasteiger partial charge on any atom is 0.306 e. The average molecular weight is 963 g/mol. The molecule has 4 fully saturated rings. The molecule has 1 spiro atoms. The van der Waals surface area contributed by atoms with Crippen LogP contribution in [0.4, 0.5) is 10.1 Å². The molecule has 8 rings (SSSR count). The summed E-state index contributed by atoms with van der Waals surface area (Å²) >= 11 is 0. The molecule has 0 radical (unpaired) electrons. The minimum Gasteiger partial charge on any atom is -0.453 e. The van der Waals surface area contributed by atoms with Gasteiger partial charge in [0.15, 0.2) is 11.6 Å². The molecule has 19 nitrogen and oxygen atoms in total. The maximum absolute atomic E-state index is 15.1. The van der Waals surface area contributed by atoms with Crippen LogP contribution in [0.2, 0.25) is 0 Å². The first-order valence-electron chi connectivity index (χ1n) is 22.0. The number of nitriles is 1. The number of amides is 3. The zero-order chi connectivity index (χ0) is 47.8. The number of carbonyl (C=O) groups excluding carboxylic acids is 3. The van der Waals surface area contributed by atoms with Crippen LogP contribution >= 0.6 is 0 Å². The Bertz CT molecular complexity index is 2950. The molecule has 67 heavy (non-hydrogen) atoms. The Kier molecular flexibility index (Phi) is 13.4. The van der Waals surface area contributed by atoms with Crippen molar-refractivity contribution in [2.24, 2.45) is 0 Å². The lowest BCUT2D eigenvalue weighted by molar-refractivity contribution is -0.137. The van der Waals surface area contributed by atoms with E-state index in [2.05, 4.69) is 19.9 Å². The Balaban J connectivity index is 0.871. The Morgan fingerprint density at radius 1 is 1.04 bits per heavy atom. The molecule has 0 bridgehead atoms. The Hall–Kier alpha value is -5.99. The van der Waals surface area contributed by atoms with Gasteiger partial charge in [-0.2, -0.15) is 26.4 Å². The quantitative estimate of drug-likeness (QED) is 0.143. The summed E-state index contributed by atoms with van der Waals surface area (Å²) in [5, 5.41) is 12.4. The number of nitrogens with one attached hydrogen (secondary N) is 2. The van der Waals surface area contributed by atoms with Crippen LogP contribution in [0.5, 0.6) is 17.2 Å². The van der Waals surface area contributed by atoms with Crippen LogP contribution in [0.15, 0.2) is 59.7 Å². The first-order chi connectivity index (χ1) is 31.9. The molecule has 5 heterocycles. The summed E-state index contributed by atoms with van der Waals surface area (Å²) in [5.41, 5.74) is 0.137. The minimum absolute atomic E-state index is 0.00981. The fourth-order valence-corrected chi connectivity index (χ4v) is 10.8. The molecule has 356 valence electrons. The lowest BCUT2D eigenvalue weighted by Crippen LogP contribution is -2.50. The first-order valence-corrected chi connectivity index (χ1v) is 25.3. The molecule has 1 aromatic heterocycles. The topological polar surface area (TPSA) is 240 Å². The van der Waals surface area contributed by atoms with Crippen molar-refractivity contribution < 1.29 is 49.3 Å². The summed E-state index contributed by atoms with van der Waals surface area (Å²) in [6.07, 6.45) is 5.89. The number of hydrogen-bond donors (Lipinski definition) is 2. The summed E-state index contributed by atoms with van der Waals surface area (Å²) < 4.78 is 87.5. The monoisotopic (exact) mass is 962 g/mol. The van der Waals surface area contributed by atoms with Crippen LogP contribution in [-0.2, 0) is 39.4 Å². The van der Waals surface area contributed by atoms with Gasteiger partial charge in [0, 0.05) is 33.1 Å². The van der Waals surface area contributed by atoms with E-state index in [0.717, 1.165) is 22.7 Å². The largest absolute Gasteiger partial charge is 0.453 e. The van der Waals surface area contributed by atoms with E-state index in [1.54, 1.807) is 25.1 Å². The van der Waals surface area contributed by atoms with Gasteiger partial charge in [-0.05, 0) is 105 Å². The summed E-state index contributed by atoms with van der Waals surface area (Å²) in [6, 6.07) is 13.1. The molecule has 4 saturated heterocycles. The highest BCUT2D eigenvalue weighted by Crippen LogP contribution is 2.42. The minimum atomic E-state index is -4.04. The van der Waals surface area contributed by atoms with Crippen molar-refractivity contribution in [2.75, 3.05) is 63.9 Å². The second-order valence-corrected chi connectivity index (χ2v) is 20.9. The highest BCUT2D eigenvalue weighted by molar-refractivity contribution is 7.90. The number of ether oxygens (including phenoxy) is 2. The van der Waals surface area contributed by atoms with Crippen molar-refractivity contribution >= 4 is 54.6 Å². The van der Waals surface area contributed by atoms with Crippen LogP contribution in [0.3, 0.4) is 0 Å².